The van der Waals surface area contributed by atoms with Gasteiger partial charge in [-0.3, -0.25) is 14.4 Å². The zero-order chi connectivity index (χ0) is 27.5. The molecule has 38 heavy (non-hydrogen) atoms. The first kappa shape index (κ1) is 27.0. The molecule has 8 heteroatoms. The van der Waals surface area contributed by atoms with Crippen LogP contribution in [0.4, 0.5) is 5.69 Å². The lowest BCUT2D eigenvalue weighted by molar-refractivity contribution is -0.146. The predicted octanol–water partition coefficient (Wildman–Crippen LogP) is 3.49. The molecule has 0 aliphatic carbocycles. The SMILES string of the molecule is CC(C)(C)CC(C)(C)N1CC=C[C@]23S[C@@H]4C=CCN(c5ccccc5)C(=O)[C@@H]4[C@H]2C(=O)N(CCO)C3C1=O. The molecule has 1 unspecified atom stereocenters. The lowest BCUT2D eigenvalue weighted by Gasteiger charge is -2.44. The number of benzene rings is 1. The maximum atomic E-state index is 14.5. The molecule has 4 aliphatic heterocycles. The number of hydrogen-bond donors (Lipinski definition) is 1. The highest BCUT2D eigenvalue weighted by Crippen LogP contribution is 2.61. The van der Waals surface area contributed by atoms with Gasteiger partial charge in [-0.1, -0.05) is 63.3 Å². The van der Waals surface area contributed by atoms with Crippen LogP contribution in [-0.2, 0) is 14.4 Å². The first-order chi connectivity index (χ1) is 17.9. The molecule has 0 saturated carbocycles. The van der Waals surface area contributed by atoms with Gasteiger partial charge < -0.3 is 19.8 Å². The Balaban J connectivity index is 1.57. The van der Waals surface area contributed by atoms with Crippen molar-refractivity contribution in [2.24, 2.45) is 17.3 Å². The molecule has 2 saturated heterocycles. The molecule has 5 rings (SSSR count). The van der Waals surface area contributed by atoms with Gasteiger partial charge in [0.25, 0.3) is 0 Å². The van der Waals surface area contributed by atoms with Crippen LogP contribution in [0.1, 0.15) is 41.0 Å². The van der Waals surface area contributed by atoms with Crippen molar-refractivity contribution in [1.82, 2.24) is 9.80 Å². The quantitative estimate of drug-likeness (QED) is 0.582. The van der Waals surface area contributed by atoms with Gasteiger partial charge in [0.2, 0.25) is 17.7 Å². The summed E-state index contributed by atoms with van der Waals surface area (Å²) in [5.74, 6) is -1.68. The van der Waals surface area contributed by atoms with E-state index in [0.717, 1.165) is 12.1 Å². The van der Waals surface area contributed by atoms with Gasteiger partial charge in [0.15, 0.2) is 0 Å². The van der Waals surface area contributed by atoms with Crippen molar-refractivity contribution in [2.75, 3.05) is 31.1 Å². The molecular formula is C30H39N3O4S. The van der Waals surface area contributed by atoms with Gasteiger partial charge in [-0.05, 0) is 37.8 Å². The average Bonchev–Trinajstić information content (AvgIpc) is 3.13. The van der Waals surface area contributed by atoms with E-state index in [-0.39, 0.29) is 41.5 Å². The van der Waals surface area contributed by atoms with Gasteiger partial charge in [0.05, 0.1) is 23.2 Å². The van der Waals surface area contributed by atoms with E-state index in [9.17, 15) is 19.5 Å². The number of fused-ring (bicyclic) bond motifs is 2. The Hall–Kier alpha value is -2.58. The number of para-hydroxylation sites is 1. The van der Waals surface area contributed by atoms with Crippen molar-refractivity contribution in [2.45, 2.75) is 62.6 Å². The Morgan fingerprint density at radius 2 is 1.68 bits per heavy atom. The fraction of sp³-hybridized carbons (Fsp3) is 0.567. The van der Waals surface area contributed by atoms with E-state index in [2.05, 4.69) is 40.7 Å². The molecule has 1 spiro atoms. The molecule has 0 bridgehead atoms. The highest BCUT2D eigenvalue weighted by Gasteiger charge is 2.71. The number of rotatable bonds is 5. The number of amides is 3. The monoisotopic (exact) mass is 537 g/mol. The van der Waals surface area contributed by atoms with Gasteiger partial charge in [0.1, 0.15) is 6.04 Å². The lowest BCUT2D eigenvalue weighted by Crippen LogP contribution is -2.59. The van der Waals surface area contributed by atoms with E-state index in [1.165, 1.54) is 0 Å². The topological polar surface area (TPSA) is 81.2 Å². The van der Waals surface area contributed by atoms with Crippen LogP contribution in [0.15, 0.2) is 54.6 Å². The third kappa shape index (κ3) is 4.30. The van der Waals surface area contributed by atoms with Crippen LogP contribution in [0.2, 0.25) is 0 Å². The molecule has 3 amide bonds. The number of hydrogen-bond acceptors (Lipinski definition) is 5. The second kappa shape index (κ2) is 9.56. The molecule has 2 fully saturated rings. The third-order valence-electron chi connectivity index (χ3n) is 8.26. The summed E-state index contributed by atoms with van der Waals surface area (Å²) in [5.41, 5.74) is 0.361. The number of aliphatic hydroxyl groups excluding tert-OH is 1. The van der Waals surface area contributed by atoms with Crippen molar-refractivity contribution in [3.63, 3.8) is 0 Å². The second-order valence-electron chi connectivity index (χ2n) is 12.7. The maximum Gasteiger partial charge on any atom is 0.247 e. The second-order valence-corrected chi connectivity index (χ2v) is 14.2. The molecular weight excluding hydrogens is 498 g/mol. The summed E-state index contributed by atoms with van der Waals surface area (Å²) in [4.78, 5) is 47.9. The number of nitrogens with zero attached hydrogens (tertiary/aromatic N) is 3. The molecule has 1 aromatic carbocycles. The Bertz CT molecular complexity index is 1170. The average molecular weight is 538 g/mol. The molecule has 1 aromatic rings. The molecule has 5 atom stereocenters. The summed E-state index contributed by atoms with van der Waals surface area (Å²) in [6.07, 6.45) is 8.91. The van der Waals surface area contributed by atoms with E-state index in [1.807, 2.05) is 53.5 Å². The molecule has 1 N–H and O–H groups in total. The number of aliphatic hydroxyl groups is 1. The highest BCUT2D eigenvalue weighted by atomic mass is 32.2. The van der Waals surface area contributed by atoms with Crippen molar-refractivity contribution in [1.29, 1.82) is 0 Å². The largest absolute Gasteiger partial charge is 0.395 e. The number of thioether (sulfide) groups is 1. The number of likely N-dealkylation sites (tertiary alicyclic amines) is 1. The molecule has 204 valence electrons. The maximum absolute atomic E-state index is 14.5. The summed E-state index contributed by atoms with van der Waals surface area (Å²) in [6, 6.07) is 8.77. The minimum Gasteiger partial charge on any atom is -0.395 e. The van der Waals surface area contributed by atoms with Gasteiger partial charge in [-0.25, -0.2) is 0 Å². The molecule has 4 heterocycles. The van der Waals surface area contributed by atoms with Crippen LogP contribution in [0, 0.1) is 17.3 Å². The summed E-state index contributed by atoms with van der Waals surface area (Å²) in [7, 11) is 0. The Morgan fingerprint density at radius 1 is 0.974 bits per heavy atom. The van der Waals surface area contributed by atoms with Gasteiger partial charge >= 0.3 is 0 Å². The fourth-order valence-corrected chi connectivity index (χ4v) is 9.27. The first-order valence-corrected chi connectivity index (χ1v) is 14.4. The number of anilines is 1. The van der Waals surface area contributed by atoms with Crippen LogP contribution in [0.3, 0.4) is 0 Å². The van der Waals surface area contributed by atoms with E-state index in [0.29, 0.717) is 13.1 Å². The molecule has 4 aliphatic rings. The summed E-state index contributed by atoms with van der Waals surface area (Å²) >= 11 is 1.57. The fourth-order valence-electron chi connectivity index (χ4n) is 7.26. The lowest BCUT2D eigenvalue weighted by atomic mass is 9.77. The van der Waals surface area contributed by atoms with E-state index in [1.54, 1.807) is 21.6 Å². The number of carbonyl (C=O) groups is 3. The van der Waals surface area contributed by atoms with E-state index in [4.69, 9.17) is 0 Å². The van der Waals surface area contributed by atoms with Crippen molar-refractivity contribution in [3.05, 3.63) is 54.6 Å². The standard InChI is InChI=1S/C30H39N3O4S/c1-28(2,3)19-29(4,5)33-16-10-14-30-23(26(36)32(17-18-34)24(30)27(33)37)22-21(38-30)13-9-15-31(25(22)35)20-11-7-6-8-12-20/h6-14,21-24,34H,15-19H2,1-5H3/t21-,22+,23+,24?,30+/m1/s1. The van der Waals surface area contributed by atoms with Crippen LogP contribution in [-0.4, -0.2) is 80.4 Å². The number of carbonyl (C=O) groups excluding carboxylic acids is 3. The van der Waals surface area contributed by atoms with Crippen LogP contribution in [0.5, 0.6) is 0 Å². The van der Waals surface area contributed by atoms with Gasteiger partial charge in [-0.2, -0.15) is 0 Å². The summed E-state index contributed by atoms with van der Waals surface area (Å²) < 4.78 is -0.870. The van der Waals surface area contributed by atoms with E-state index < -0.39 is 28.2 Å². The van der Waals surface area contributed by atoms with Gasteiger partial charge in [-0.15, -0.1) is 11.8 Å². The van der Waals surface area contributed by atoms with E-state index >= 15 is 0 Å². The van der Waals surface area contributed by atoms with Gasteiger partial charge in [0, 0.05) is 36.1 Å². The molecule has 0 aromatic heterocycles. The van der Waals surface area contributed by atoms with Crippen LogP contribution in [0.25, 0.3) is 0 Å². The Morgan fingerprint density at radius 3 is 2.34 bits per heavy atom. The van der Waals surface area contributed by atoms with Crippen molar-refractivity contribution >= 4 is 35.2 Å². The zero-order valence-electron chi connectivity index (χ0n) is 23.0. The normalized spacial score (nSPS) is 31.3. The Labute approximate surface area is 229 Å². The predicted molar refractivity (Wildman–Crippen MR) is 151 cm³/mol. The Kier molecular flexibility index (Phi) is 6.79. The zero-order valence-corrected chi connectivity index (χ0v) is 23.8. The summed E-state index contributed by atoms with van der Waals surface area (Å²) in [5, 5.41) is 9.71. The minimum atomic E-state index is -0.870. The van der Waals surface area contributed by atoms with Crippen molar-refractivity contribution in [3.8, 4) is 0 Å². The third-order valence-corrected chi connectivity index (χ3v) is 10.0. The van der Waals surface area contributed by atoms with Crippen molar-refractivity contribution < 1.29 is 19.5 Å². The smallest absolute Gasteiger partial charge is 0.247 e. The number of β-amino-alcohol motifs (C(OH)–C–C–N with tert-alkyl or cyclic N) is 1. The molecule has 0 radical (unpaired) electrons. The first-order valence-electron chi connectivity index (χ1n) is 13.5. The van der Waals surface area contributed by atoms with Crippen LogP contribution >= 0.6 is 11.8 Å². The molecule has 7 nitrogen and oxygen atoms in total. The highest BCUT2D eigenvalue weighted by molar-refractivity contribution is 8.02. The summed E-state index contributed by atoms with van der Waals surface area (Å²) in [6.45, 7) is 11.4. The van der Waals surface area contributed by atoms with Crippen LogP contribution < -0.4 is 4.90 Å². The minimum absolute atomic E-state index is 0.00368.